The van der Waals surface area contributed by atoms with Crippen molar-refractivity contribution in [1.82, 2.24) is 10.7 Å². The summed E-state index contributed by atoms with van der Waals surface area (Å²) in [6.07, 6.45) is 0.893. The van der Waals surface area contributed by atoms with Crippen molar-refractivity contribution in [2.24, 2.45) is 11.0 Å². The lowest BCUT2D eigenvalue weighted by Crippen LogP contribution is -2.38. The summed E-state index contributed by atoms with van der Waals surface area (Å²) in [5.41, 5.74) is 4.93. The Balaban J connectivity index is 2.00. The van der Waals surface area contributed by atoms with E-state index in [-0.39, 0.29) is 23.4 Å². The fourth-order valence-corrected chi connectivity index (χ4v) is 3.14. The first-order chi connectivity index (χ1) is 11.2. The van der Waals surface area contributed by atoms with Gasteiger partial charge in [0.1, 0.15) is 0 Å². The molecule has 0 amide bonds. The number of nitrogens with zero attached hydrogens (tertiary/aromatic N) is 2. The highest BCUT2D eigenvalue weighted by molar-refractivity contribution is 5.90. The number of nitro benzene ring substituents is 1. The SMILES string of the molecule is CCOc1c(OC)cc(C2NN=C3CCNCC32)cc1[N+](=O)[O-]. The lowest BCUT2D eigenvalue weighted by atomic mass is 9.87. The summed E-state index contributed by atoms with van der Waals surface area (Å²) in [6.45, 7) is 3.83. The molecule has 0 saturated carbocycles. The predicted molar refractivity (Wildman–Crippen MR) is 85.1 cm³/mol. The van der Waals surface area contributed by atoms with Crippen LogP contribution >= 0.6 is 0 Å². The second-order valence-corrected chi connectivity index (χ2v) is 5.53. The molecule has 2 aliphatic heterocycles. The van der Waals surface area contributed by atoms with Gasteiger partial charge in [-0.15, -0.1) is 0 Å². The molecule has 0 aromatic heterocycles. The van der Waals surface area contributed by atoms with Crippen LogP contribution in [0, 0.1) is 16.0 Å². The molecule has 1 aromatic rings. The number of hydrogen-bond donors (Lipinski definition) is 2. The molecule has 124 valence electrons. The van der Waals surface area contributed by atoms with Crippen LogP contribution in [0.4, 0.5) is 5.69 Å². The highest BCUT2D eigenvalue weighted by atomic mass is 16.6. The van der Waals surface area contributed by atoms with Crippen LogP contribution in [-0.4, -0.2) is 37.4 Å². The zero-order valence-corrected chi connectivity index (χ0v) is 13.2. The molecule has 8 nitrogen and oxygen atoms in total. The van der Waals surface area contributed by atoms with Crippen molar-refractivity contribution < 1.29 is 14.4 Å². The van der Waals surface area contributed by atoms with Gasteiger partial charge in [-0.05, 0) is 18.6 Å². The number of nitrogens with one attached hydrogen (secondary N) is 2. The summed E-state index contributed by atoms with van der Waals surface area (Å²) in [5.74, 6) is 0.741. The average Bonchev–Trinajstić information content (AvgIpc) is 2.99. The third kappa shape index (κ3) is 2.81. The van der Waals surface area contributed by atoms with Crippen LogP contribution in [0.2, 0.25) is 0 Å². The number of piperidine rings is 1. The summed E-state index contributed by atoms with van der Waals surface area (Å²) < 4.78 is 10.7. The molecule has 2 heterocycles. The molecule has 1 saturated heterocycles. The van der Waals surface area contributed by atoms with Gasteiger partial charge in [-0.3, -0.25) is 10.1 Å². The van der Waals surface area contributed by atoms with E-state index in [0.717, 1.165) is 30.8 Å². The van der Waals surface area contributed by atoms with E-state index < -0.39 is 4.92 Å². The van der Waals surface area contributed by atoms with Crippen molar-refractivity contribution >= 4 is 11.4 Å². The van der Waals surface area contributed by atoms with Crippen molar-refractivity contribution in [1.29, 1.82) is 0 Å². The van der Waals surface area contributed by atoms with Gasteiger partial charge in [0.25, 0.3) is 0 Å². The molecule has 0 bridgehead atoms. The molecule has 1 aromatic carbocycles. The van der Waals surface area contributed by atoms with Gasteiger partial charge in [-0.2, -0.15) is 5.10 Å². The Hall–Kier alpha value is -2.35. The lowest BCUT2D eigenvalue weighted by Gasteiger charge is -2.25. The van der Waals surface area contributed by atoms with E-state index in [9.17, 15) is 10.1 Å². The van der Waals surface area contributed by atoms with Gasteiger partial charge < -0.3 is 20.2 Å². The third-order valence-corrected chi connectivity index (χ3v) is 4.22. The largest absolute Gasteiger partial charge is 0.493 e. The molecule has 2 N–H and O–H groups in total. The highest BCUT2D eigenvalue weighted by Gasteiger charge is 2.36. The molecule has 23 heavy (non-hydrogen) atoms. The standard InChI is InChI=1S/C15H20N4O4/c1-3-23-15-12(19(20)21)6-9(7-13(15)22-2)14-10-8-16-5-4-11(10)17-18-14/h6-7,10,14,16,18H,3-5,8H2,1-2H3. The Morgan fingerprint density at radius 1 is 1.48 bits per heavy atom. The maximum Gasteiger partial charge on any atom is 0.315 e. The molecule has 0 spiro atoms. The van der Waals surface area contributed by atoms with Gasteiger partial charge >= 0.3 is 5.69 Å². The minimum absolute atomic E-state index is 0.0831. The number of fused-ring (bicyclic) bond motifs is 1. The van der Waals surface area contributed by atoms with Crippen molar-refractivity contribution in [3.63, 3.8) is 0 Å². The van der Waals surface area contributed by atoms with Gasteiger partial charge in [0.05, 0.1) is 24.7 Å². The van der Waals surface area contributed by atoms with Crippen LogP contribution in [0.5, 0.6) is 11.5 Å². The number of benzene rings is 1. The first kappa shape index (κ1) is 15.5. The van der Waals surface area contributed by atoms with Crippen LogP contribution in [-0.2, 0) is 0 Å². The van der Waals surface area contributed by atoms with Crippen molar-refractivity contribution in [2.75, 3.05) is 26.8 Å². The number of hydrogen-bond acceptors (Lipinski definition) is 7. The highest BCUT2D eigenvalue weighted by Crippen LogP contribution is 2.42. The molecule has 2 aliphatic rings. The van der Waals surface area contributed by atoms with E-state index in [2.05, 4.69) is 15.8 Å². The third-order valence-electron chi connectivity index (χ3n) is 4.22. The van der Waals surface area contributed by atoms with E-state index >= 15 is 0 Å². The maximum atomic E-state index is 11.4. The van der Waals surface area contributed by atoms with Gasteiger partial charge in [0.15, 0.2) is 5.75 Å². The Labute approximate surface area is 134 Å². The van der Waals surface area contributed by atoms with Crippen LogP contribution < -0.4 is 20.2 Å². The zero-order chi connectivity index (χ0) is 16.4. The summed E-state index contributed by atoms with van der Waals surface area (Å²) in [7, 11) is 1.48. The smallest absolute Gasteiger partial charge is 0.315 e. The minimum Gasteiger partial charge on any atom is -0.493 e. The van der Waals surface area contributed by atoms with E-state index in [0.29, 0.717) is 12.4 Å². The molecular formula is C15H20N4O4. The molecule has 0 aliphatic carbocycles. The van der Waals surface area contributed by atoms with Crippen molar-refractivity contribution in [3.05, 3.63) is 27.8 Å². The molecule has 2 atom stereocenters. The molecule has 0 radical (unpaired) electrons. The molecule has 2 unspecified atom stereocenters. The fourth-order valence-electron chi connectivity index (χ4n) is 3.14. The van der Waals surface area contributed by atoms with E-state index in [4.69, 9.17) is 9.47 Å². The maximum absolute atomic E-state index is 11.4. The fraction of sp³-hybridized carbons (Fsp3) is 0.533. The molecule has 1 fully saturated rings. The number of nitro groups is 1. The van der Waals surface area contributed by atoms with Gasteiger partial charge in [-0.1, -0.05) is 0 Å². The number of hydrazone groups is 1. The monoisotopic (exact) mass is 320 g/mol. The minimum atomic E-state index is -0.438. The second-order valence-electron chi connectivity index (χ2n) is 5.53. The van der Waals surface area contributed by atoms with Gasteiger partial charge in [0.2, 0.25) is 5.75 Å². The Bertz CT molecular complexity index is 647. The first-order valence-corrected chi connectivity index (χ1v) is 7.67. The Morgan fingerprint density at radius 3 is 3.00 bits per heavy atom. The molecular weight excluding hydrogens is 300 g/mol. The van der Waals surface area contributed by atoms with Crippen LogP contribution in [0.1, 0.15) is 24.9 Å². The first-order valence-electron chi connectivity index (χ1n) is 7.67. The topological polar surface area (TPSA) is 98.0 Å². The quantitative estimate of drug-likeness (QED) is 0.632. The Morgan fingerprint density at radius 2 is 2.30 bits per heavy atom. The lowest BCUT2D eigenvalue weighted by molar-refractivity contribution is -0.386. The summed E-state index contributed by atoms with van der Waals surface area (Å²) in [5, 5.41) is 19.2. The number of ether oxygens (including phenoxy) is 2. The summed E-state index contributed by atoms with van der Waals surface area (Å²) >= 11 is 0. The van der Waals surface area contributed by atoms with Crippen LogP contribution in [0.15, 0.2) is 17.2 Å². The normalized spacial score (nSPS) is 22.8. The summed E-state index contributed by atoms with van der Waals surface area (Å²) in [6, 6.07) is 3.25. The van der Waals surface area contributed by atoms with Crippen molar-refractivity contribution in [3.8, 4) is 11.5 Å². The number of methoxy groups -OCH3 is 1. The van der Waals surface area contributed by atoms with Crippen LogP contribution in [0.3, 0.4) is 0 Å². The van der Waals surface area contributed by atoms with E-state index in [1.54, 1.807) is 19.1 Å². The van der Waals surface area contributed by atoms with E-state index in [1.165, 1.54) is 7.11 Å². The number of rotatable bonds is 5. The van der Waals surface area contributed by atoms with Gasteiger partial charge in [0, 0.05) is 37.2 Å². The van der Waals surface area contributed by atoms with Gasteiger partial charge in [-0.25, -0.2) is 0 Å². The second kappa shape index (κ2) is 6.41. The van der Waals surface area contributed by atoms with Crippen LogP contribution in [0.25, 0.3) is 0 Å². The Kier molecular flexibility index (Phi) is 4.33. The summed E-state index contributed by atoms with van der Waals surface area (Å²) in [4.78, 5) is 11.0. The zero-order valence-electron chi connectivity index (χ0n) is 13.2. The predicted octanol–water partition coefficient (Wildman–Crippen LogP) is 1.61. The molecule has 8 heteroatoms. The average molecular weight is 320 g/mol. The molecule has 3 rings (SSSR count). The van der Waals surface area contributed by atoms with E-state index in [1.807, 2.05) is 0 Å². The van der Waals surface area contributed by atoms with Crippen molar-refractivity contribution in [2.45, 2.75) is 19.4 Å².